The molecule has 1 fully saturated rings. The van der Waals surface area contributed by atoms with Crippen molar-refractivity contribution in [2.75, 3.05) is 31.1 Å². The van der Waals surface area contributed by atoms with Gasteiger partial charge in [0.1, 0.15) is 5.82 Å². The summed E-state index contributed by atoms with van der Waals surface area (Å²) < 4.78 is 38.0. The second-order valence-electron chi connectivity index (χ2n) is 6.73. The van der Waals surface area contributed by atoms with E-state index >= 15 is 0 Å². The zero-order valence-corrected chi connectivity index (χ0v) is 15.2. The number of hydrogen-bond donors (Lipinski definition) is 0. The van der Waals surface area contributed by atoms with Crippen LogP contribution in [0.15, 0.2) is 42.6 Å². The Balaban J connectivity index is 1.62. The summed E-state index contributed by atoms with van der Waals surface area (Å²) >= 11 is 0. The van der Waals surface area contributed by atoms with Gasteiger partial charge in [-0.1, -0.05) is 24.3 Å². The molecule has 0 spiro atoms. The fourth-order valence-corrected chi connectivity index (χ4v) is 3.22. The summed E-state index contributed by atoms with van der Waals surface area (Å²) in [4.78, 5) is 20.4. The van der Waals surface area contributed by atoms with Gasteiger partial charge < -0.3 is 9.80 Å². The topological polar surface area (TPSA) is 36.4 Å². The lowest BCUT2D eigenvalue weighted by Gasteiger charge is -2.23. The maximum atomic E-state index is 12.7. The van der Waals surface area contributed by atoms with Gasteiger partial charge in [-0.25, -0.2) is 4.98 Å². The van der Waals surface area contributed by atoms with Gasteiger partial charge in [0.25, 0.3) is 0 Å². The van der Waals surface area contributed by atoms with Crippen molar-refractivity contribution < 1.29 is 18.0 Å². The third kappa shape index (κ3) is 4.78. The summed E-state index contributed by atoms with van der Waals surface area (Å²) in [6, 6.07) is 10.3. The molecule has 27 heavy (non-hydrogen) atoms. The van der Waals surface area contributed by atoms with Crippen molar-refractivity contribution in [1.29, 1.82) is 0 Å². The lowest BCUT2D eigenvalue weighted by atomic mass is 10.1. The van der Waals surface area contributed by atoms with Gasteiger partial charge in [-0.3, -0.25) is 4.79 Å². The van der Waals surface area contributed by atoms with Crippen LogP contribution in [-0.4, -0.2) is 42.0 Å². The second-order valence-corrected chi connectivity index (χ2v) is 6.73. The molecule has 0 aliphatic carbocycles. The van der Waals surface area contributed by atoms with Gasteiger partial charge in [0, 0.05) is 32.4 Å². The highest BCUT2D eigenvalue weighted by molar-refractivity contribution is 5.79. The number of rotatable bonds is 3. The fraction of sp³-hybridized carbons (Fsp3) is 0.400. The zero-order valence-electron chi connectivity index (χ0n) is 15.2. The monoisotopic (exact) mass is 377 g/mol. The number of carbonyl (C=O) groups excluding carboxylic acids is 1. The van der Waals surface area contributed by atoms with Gasteiger partial charge in [-0.2, -0.15) is 13.2 Å². The SMILES string of the molecule is Cc1ccccc1CC(=O)N1CCCN(c2ccc(C(F)(F)F)cn2)CC1. The first kappa shape index (κ1) is 19.2. The number of nitrogens with zero attached hydrogens (tertiary/aromatic N) is 3. The maximum absolute atomic E-state index is 12.7. The minimum absolute atomic E-state index is 0.0755. The summed E-state index contributed by atoms with van der Waals surface area (Å²) in [5.41, 5.74) is 1.36. The van der Waals surface area contributed by atoms with E-state index in [9.17, 15) is 18.0 Å². The second kappa shape index (κ2) is 7.98. The average molecular weight is 377 g/mol. The van der Waals surface area contributed by atoms with Crippen LogP contribution in [0.25, 0.3) is 0 Å². The molecule has 0 atom stereocenters. The standard InChI is InChI=1S/C20H22F3N3O/c1-15-5-2-3-6-16(15)13-19(27)26-10-4-9-25(11-12-26)18-8-7-17(14-24-18)20(21,22)23/h2-3,5-8,14H,4,9-13H2,1H3. The predicted molar refractivity (Wildman–Crippen MR) is 97.5 cm³/mol. The van der Waals surface area contributed by atoms with Crippen molar-refractivity contribution in [2.45, 2.75) is 25.9 Å². The Morgan fingerprint density at radius 2 is 1.85 bits per heavy atom. The number of aromatic nitrogens is 1. The van der Waals surface area contributed by atoms with Crippen LogP contribution in [0.5, 0.6) is 0 Å². The molecule has 144 valence electrons. The fourth-order valence-electron chi connectivity index (χ4n) is 3.22. The van der Waals surface area contributed by atoms with Crippen LogP contribution in [-0.2, 0) is 17.4 Å². The van der Waals surface area contributed by atoms with Gasteiger partial charge in [0.05, 0.1) is 12.0 Å². The normalized spacial score (nSPS) is 15.6. The quantitative estimate of drug-likeness (QED) is 0.819. The predicted octanol–water partition coefficient (Wildman–Crippen LogP) is 3.69. The molecular formula is C20H22F3N3O. The molecule has 2 aromatic rings. The molecule has 1 aromatic heterocycles. The van der Waals surface area contributed by atoms with Crippen LogP contribution in [0.1, 0.15) is 23.1 Å². The van der Waals surface area contributed by atoms with Crippen LogP contribution >= 0.6 is 0 Å². The molecule has 1 saturated heterocycles. The van der Waals surface area contributed by atoms with Crippen molar-refractivity contribution in [3.63, 3.8) is 0 Å². The van der Waals surface area contributed by atoms with E-state index in [1.54, 1.807) is 0 Å². The summed E-state index contributed by atoms with van der Waals surface area (Å²) in [7, 11) is 0. The third-order valence-corrected chi connectivity index (χ3v) is 4.85. The molecule has 7 heteroatoms. The number of halogens is 3. The van der Waals surface area contributed by atoms with Gasteiger partial charge >= 0.3 is 6.18 Å². The lowest BCUT2D eigenvalue weighted by Crippen LogP contribution is -2.36. The Morgan fingerprint density at radius 1 is 1.07 bits per heavy atom. The third-order valence-electron chi connectivity index (χ3n) is 4.85. The molecule has 1 amide bonds. The number of amides is 1. The Hall–Kier alpha value is -2.57. The van der Waals surface area contributed by atoms with Crippen molar-refractivity contribution in [3.05, 3.63) is 59.3 Å². The van der Waals surface area contributed by atoms with Crippen LogP contribution in [0.4, 0.5) is 19.0 Å². The van der Waals surface area contributed by atoms with E-state index in [4.69, 9.17) is 0 Å². The van der Waals surface area contributed by atoms with Crippen molar-refractivity contribution in [3.8, 4) is 0 Å². The van der Waals surface area contributed by atoms with Gasteiger partial charge in [0.2, 0.25) is 5.91 Å². The largest absolute Gasteiger partial charge is 0.417 e. The van der Waals surface area contributed by atoms with Crippen molar-refractivity contribution in [2.24, 2.45) is 0 Å². The van der Waals surface area contributed by atoms with E-state index in [0.29, 0.717) is 38.4 Å². The van der Waals surface area contributed by atoms with Crippen LogP contribution in [0, 0.1) is 6.92 Å². The number of hydrogen-bond acceptors (Lipinski definition) is 3. The molecular weight excluding hydrogens is 355 g/mol. The van der Waals surface area contributed by atoms with Gasteiger partial charge in [0.15, 0.2) is 0 Å². The molecule has 0 saturated carbocycles. The van der Waals surface area contributed by atoms with Crippen LogP contribution < -0.4 is 4.90 Å². The number of aryl methyl sites for hydroxylation is 1. The molecule has 1 aromatic carbocycles. The molecule has 0 radical (unpaired) electrons. The number of alkyl halides is 3. The Morgan fingerprint density at radius 3 is 2.52 bits per heavy atom. The van der Waals surface area contributed by atoms with Crippen molar-refractivity contribution in [1.82, 2.24) is 9.88 Å². The summed E-state index contributed by atoms with van der Waals surface area (Å²) in [6.07, 6.45) is -2.40. The molecule has 2 heterocycles. The minimum atomic E-state index is -4.39. The summed E-state index contributed by atoms with van der Waals surface area (Å²) in [5.74, 6) is 0.586. The summed E-state index contributed by atoms with van der Waals surface area (Å²) in [6.45, 7) is 4.38. The smallest absolute Gasteiger partial charge is 0.355 e. The van der Waals surface area contributed by atoms with E-state index in [2.05, 4.69) is 4.98 Å². The minimum Gasteiger partial charge on any atom is -0.355 e. The highest BCUT2D eigenvalue weighted by Crippen LogP contribution is 2.29. The first-order valence-corrected chi connectivity index (χ1v) is 8.95. The molecule has 3 rings (SSSR count). The molecule has 0 N–H and O–H groups in total. The molecule has 1 aliphatic rings. The Bertz CT molecular complexity index is 790. The highest BCUT2D eigenvalue weighted by Gasteiger charge is 2.31. The van der Waals surface area contributed by atoms with Crippen molar-refractivity contribution >= 4 is 11.7 Å². The van der Waals surface area contributed by atoms with E-state index in [1.807, 2.05) is 41.0 Å². The zero-order chi connectivity index (χ0) is 19.4. The Labute approximate surface area is 156 Å². The van der Waals surface area contributed by atoms with Crippen LogP contribution in [0.2, 0.25) is 0 Å². The first-order chi connectivity index (χ1) is 12.8. The number of carbonyl (C=O) groups is 1. The van der Waals surface area contributed by atoms with Crippen LogP contribution in [0.3, 0.4) is 0 Å². The molecule has 4 nitrogen and oxygen atoms in total. The summed E-state index contributed by atoms with van der Waals surface area (Å²) in [5, 5.41) is 0. The van der Waals surface area contributed by atoms with E-state index in [-0.39, 0.29) is 5.91 Å². The molecule has 0 bridgehead atoms. The molecule has 0 unspecified atom stereocenters. The number of benzene rings is 1. The van der Waals surface area contributed by atoms with E-state index in [0.717, 1.165) is 29.8 Å². The molecule has 1 aliphatic heterocycles. The van der Waals surface area contributed by atoms with Gasteiger partial charge in [-0.05, 0) is 36.6 Å². The average Bonchev–Trinajstić information content (AvgIpc) is 2.89. The van der Waals surface area contributed by atoms with E-state index in [1.165, 1.54) is 6.07 Å². The van der Waals surface area contributed by atoms with Gasteiger partial charge in [-0.15, -0.1) is 0 Å². The van der Waals surface area contributed by atoms with E-state index < -0.39 is 11.7 Å². The number of pyridine rings is 1. The first-order valence-electron chi connectivity index (χ1n) is 8.95. The lowest BCUT2D eigenvalue weighted by molar-refractivity contribution is -0.137. The highest BCUT2D eigenvalue weighted by atomic mass is 19.4. The Kier molecular flexibility index (Phi) is 5.68. The maximum Gasteiger partial charge on any atom is 0.417 e. The number of anilines is 1.